The van der Waals surface area contributed by atoms with Crippen LogP contribution in [0.25, 0.3) is 0 Å². The molecule has 2 heteroatoms. The topological polar surface area (TPSA) is 20.3 Å². The first-order chi connectivity index (χ1) is 9.56. The number of Topliss-reactive ketones (excluding diaryl/α,β-unsaturated/α-hetero) is 1. The molecule has 20 heavy (non-hydrogen) atoms. The van der Waals surface area contributed by atoms with Gasteiger partial charge in [0.05, 0.1) is 0 Å². The second-order valence-electron chi connectivity index (χ2n) is 6.72. The van der Waals surface area contributed by atoms with Crippen LogP contribution in [0.2, 0.25) is 0 Å². The van der Waals surface area contributed by atoms with Crippen LogP contribution in [0.5, 0.6) is 0 Å². The molecule has 2 aliphatic heterocycles. The van der Waals surface area contributed by atoms with Crippen molar-refractivity contribution in [3.63, 3.8) is 0 Å². The Bertz CT molecular complexity index is 508. The van der Waals surface area contributed by atoms with Crippen LogP contribution in [0.15, 0.2) is 18.2 Å². The fourth-order valence-corrected chi connectivity index (χ4v) is 4.01. The maximum atomic E-state index is 12.6. The number of carbonyl (C=O) groups is 1. The number of fused-ring (bicyclic) bond motifs is 2. The Morgan fingerprint density at radius 2 is 1.85 bits per heavy atom. The first kappa shape index (κ1) is 13.8. The third kappa shape index (κ3) is 2.42. The standard InChI is InChI=1S/C18H25NO/c1-12-5-4-6-14(13(12)2)11-18(20)15-9-16-7-8-17(10-15)19(16)3/h4-6,15-17H,7-11H2,1-3H3. The van der Waals surface area contributed by atoms with E-state index >= 15 is 0 Å². The molecule has 0 amide bonds. The molecule has 0 radical (unpaired) electrons. The molecule has 2 atom stereocenters. The van der Waals surface area contributed by atoms with Gasteiger partial charge in [0.1, 0.15) is 5.78 Å². The maximum Gasteiger partial charge on any atom is 0.140 e. The molecule has 1 aromatic rings. The summed E-state index contributed by atoms with van der Waals surface area (Å²) >= 11 is 0. The van der Waals surface area contributed by atoms with Gasteiger partial charge in [-0.05, 0) is 63.3 Å². The Balaban J connectivity index is 1.70. The average molecular weight is 271 g/mol. The molecule has 2 aliphatic rings. The highest BCUT2D eigenvalue weighted by atomic mass is 16.1. The summed E-state index contributed by atoms with van der Waals surface area (Å²) in [6.45, 7) is 4.26. The lowest BCUT2D eigenvalue weighted by molar-refractivity contribution is -0.124. The summed E-state index contributed by atoms with van der Waals surface area (Å²) in [5, 5.41) is 0. The van der Waals surface area contributed by atoms with E-state index < -0.39 is 0 Å². The van der Waals surface area contributed by atoms with E-state index in [9.17, 15) is 4.79 Å². The van der Waals surface area contributed by atoms with E-state index in [0.717, 1.165) is 12.8 Å². The summed E-state index contributed by atoms with van der Waals surface area (Å²) in [5.41, 5.74) is 3.80. The summed E-state index contributed by atoms with van der Waals surface area (Å²) < 4.78 is 0. The Labute approximate surface area is 122 Å². The van der Waals surface area contributed by atoms with Crippen LogP contribution in [0.4, 0.5) is 0 Å². The molecule has 2 heterocycles. The number of hydrogen-bond acceptors (Lipinski definition) is 2. The van der Waals surface area contributed by atoms with Gasteiger partial charge in [0, 0.05) is 24.4 Å². The van der Waals surface area contributed by atoms with Gasteiger partial charge in [-0.3, -0.25) is 4.79 Å². The summed E-state index contributed by atoms with van der Waals surface area (Å²) in [6.07, 6.45) is 5.36. The van der Waals surface area contributed by atoms with Crippen LogP contribution in [0.1, 0.15) is 42.4 Å². The number of rotatable bonds is 3. The van der Waals surface area contributed by atoms with E-state index in [4.69, 9.17) is 0 Å². The number of carbonyl (C=O) groups excluding carboxylic acids is 1. The quantitative estimate of drug-likeness (QED) is 0.841. The normalized spacial score (nSPS) is 29.6. The van der Waals surface area contributed by atoms with Gasteiger partial charge in [-0.25, -0.2) is 0 Å². The van der Waals surface area contributed by atoms with Gasteiger partial charge in [0.2, 0.25) is 0 Å². The Kier molecular flexibility index (Phi) is 3.68. The second kappa shape index (κ2) is 5.33. The predicted molar refractivity (Wildman–Crippen MR) is 81.9 cm³/mol. The van der Waals surface area contributed by atoms with Crippen molar-refractivity contribution >= 4 is 5.78 Å². The Morgan fingerprint density at radius 3 is 2.50 bits per heavy atom. The number of aryl methyl sites for hydroxylation is 1. The van der Waals surface area contributed by atoms with E-state index in [0.29, 0.717) is 30.2 Å². The third-order valence-corrected chi connectivity index (χ3v) is 5.64. The van der Waals surface area contributed by atoms with Crippen LogP contribution in [0, 0.1) is 19.8 Å². The van der Waals surface area contributed by atoms with Gasteiger partial charge in [0.15, 0.2) is 0 Å². The van der Waals surface area contributed by atoms with Gasteiger partial charge in [-0.15, -0.1) is 0 Å². The fraction of sp³-hybridized carbons (Fsp3) is 0.611. The lowest BCUT2D eigenvalue weighted by Gasteiger charge is -2.35. The molecule has 2 nitrogen and oxygen atoms in total. The zero-order chi connectivity index (χ0) is 14.3. The molecule has 0 aromatic heterocycles. The smallest absolute Gasteiger partial charge is 0.140 e. The fourth-order valence-electron chi connectivity index (χ4n) is 4.01. The van der Waals surface area contributed by atoms with E-state index in [1.807, 2.05) is 0 Å². The minimum Gasteiger partial charge on any atom is -0.300 e. The van der Waals surface area contributed by atoms with Crippen LogP contribution in [-0.2, 0) is 11.2 Å². The van der Waals surface area contributed by atoms with Gasteiger partial charge in [0.25, 0.3) is 0 Å². The number of ketones is 1. The Morgan fingerprint density at radius 1 is 1.20 bits per heavy atom. The van der Waals surface area contributed by atoms with Crippen molar-refractivity contribution in [1.82, 2.24) is 4.90 Å². The number of piperidine rings is 1. The molecule has 0 saturated carbocycles. The van der Waals surface area contributed by atoms with Crippen molar-refractivity contribution in [2.24, 2.45) is 5.92 Å². The molecule has 3 rings (SSSR count). The average Bonchev–Trinajstić information content (AvgIpc) is 2.66. The number of nitrogens with zero attached hydrogens (tertiary/aromatic N) is 1. The number of hydrogen-bond donors (Lipinski definition) is 0. The monoisotopic (exact) mass is 271 g/mol. The van der Waals surface area contributed by atoms with Crippen molar-refractivity contribution < 1.29 is 4.79 Å². The Hall–Kier alpha value is -1.15. The molecule has 0 aliphatic carbocycles. The molecule has 2 bridgehead atoms. The summed E-state index contributed by atoms with van der Waals surface area (Å²) in [6, 6.07) is 7.62. The van der Waals surface area contributed by atoms with Crippen molar-refractivity contribution in [3.05, 3.63) is 34.9 Å². The molecular formula is C18H25NO. The summed E-state index contributed by atoms with van der Waals surface area (Å²) in [5.74, 6) is 0.757. The van der Waals surface area contributed by atoms with Gasteiger partial charge in [-0.1, -0.05) is 18.2 Å². The zero-order valence-electron chi connectivity index (χ0n) is 12.9. The highest BCUT2D eigenvalue weighted by Crippen LogP contribution is 2.38. The van der Waals surface area contributed by atoms with Crippen molar-refractivity contribution in [2.75, 3.05) is 7.05 Å². The summed E-state index contributed by atoms with van der Waals surface area (Å²) in [4.78, 5) is 15.1. The molecule has 0 N–H and O–H groups in total. The maximum absolute atomic E-state index is 12.6. The first-order valence-electron chi connectivity index (χ1n) is 7.86. The van der Waals surface area contributed by atoms with E-state index in [-0.39, 0.29) is 0 Å². The molecular weight excluding hydrogens is 246 g/mol. The predicted octanol–water partition coefficient (Wildman–Crippen LogP) is 3.29. The van der Waals surface area contributed by atoms with E-state index in [1.54, 1.807) is 0 Å². The van der Waals surface area contributed by atoms with Crippen LogP contribution < -0.4 is 0 Å². The van der Waals surface area contributed by atoms with Crippen LogP contribution in [-0.4, -0.2) is 29.8 Å². The third-order valence-electron chi connectivity index (χ3n) is 5.64. The van der Waals surface area contributed by atoms with E-state index in [2.05, 4.69) is 44.0 Å². The highest BCUT2D eigenvalue weighted by molar-refractivity contribution is 5.84. The second-order valence-corrected chi connectivity index (χ2v) is 6.72. The number of benzene rings is 1. The molecule has 2 saturated heterocycles. The van der Waals surface area contributed by atoms with Gasteiger partial charge >= 0.3 is 0 Å². The molecule has 0 spiro atoms. The molecule has 2 fully saturated rings. The zero-order valence-corrected chi connectivity index (χ0v) is 12.9. The summed E-state index contributed by atoms with van der Waals surface area (Å²) in [7, 11) is 2.23. The van der Waals surface area contributed by atoms with Crippen LogP contribution >= 0.6 is 0 Å². The van der Waals surface area contributed by atoms with Crippen molar-refractivity contribution in [3.8, 4) is 0 Å². The van der Waals surface area contributed by atoms with Crippen LogP contribution in [0.3, 0.4) is 0 Å². The van der Waals surface area contributed by atoms with Gasteiger partial charge < -0.3 is 4.90 Å². The highest BCUT2D eigenvalue weighted by Gasteiger charge is 2.40. The molecule has 1 aromatic carbocycles. The lowest BCUT2D eigenvalue weighted by Crippen LogP contribution is -2.42. The van der Waals surface area contributed by atoms with Crippen molar-refractivity contribution in [1.29, 1.82) is 0 Å². The molecule has 2 unspecified atom stereocenters. The first-order valence-corrected chi connectivity index (χ1v) is 7.86. The van der Waals surface area contributed by atoms with Gasteiger partial charge in [-0.2, -0.15) is 0 Å². The SMILES string of the molecule is Cc1cccc(CC(=O)C2CC3CCC(C2)N3C)c1C. The van der Waals surface area contributed by atoms with E-state index in [1.165, 1.54) is 29.5 Å². The lowest BCUT2D eigenvalue weighted by atomic mass is 9.84. The molecule has 108 valence electrons. The van der Waals surface area contributed by atoms with Crippen molar-refractivity contribution in [2.45, 2.75) is 58.0 Å². The minimum atomic E-state index is 0.295. The largest absolute Gasteiger partial charge is 0.300 e. The minimum absolute atomic E-state index is 0.295.